The number of H-pyrrole nitrogens is 1. The van der Waals surface area contributed by atoms with Crippen LogP contribution in [0.1, 0.15) is 36.2 Å². The van der Waals surface area contributed by atoms with E-state index in [1.54, 1.807) is 18.3 Å². The molecular weight excluding hydrogens is 409 g/mol. The Kier molecular flexibility index (Phi) is 5.53. The summed E-state index contributed by atoms with van der Waals surface area (Å²) >= 11 is 0. The molecule has 1 aliphatic heterocycles. The summed E-state index contributed by atoms with van der Waals surface area (Å²) in [6.45, 7) is 2.96. The lowest BCUT2D eigenvalue weighted by atomic mass is 10.1. The molecule has 0 amide bonds. The Morgan fingerprint density at radius 1 is 1.19 bits per heavy atom. The van der Waals surface area contributed by atoms with Crippen LogP contribution in [-0.2, 0) is 12.7 Å². The number of aromatic amines is 1. The second-order valence-corrected chi connectivity index (χ2v) is 7.20. The van der Waals surface area contributed by atoms with Gasteiger partial charge in [-0.2, -0.15) is 13.2 Å². The molecule has 10 heteroatoms. The van der Waals surface area contributed by atoms with Crippen molar-refractivity contribution in [3.05, 3.63) is 76.0 Å². The lowest BCUT2D eigenvalue weighted by Crippen LogP contribution is -2.29. The highest BCUT2D eigenvalue weighted by Crippen LogP contribution is 2.37. The number of anilines is 3. The fourth-order valence-electron chi connectivity index (χ4n) is 3.54. The van der Waals surface area contributed by atoms with Crippen LogP contribution in [0, 0.1) is 0 Å². The molecular formula is C21H21F3N6O. The van der Waals surface area contributed by atoms with Gasteiger partial charge in [0.1, 0.15) is 17.7 Å². The van der Waals surface area contributed by atoms with E-state index in [-0.39, 0.29) is 18.3 Å². The third-order valence-corrected chi connectivity index (χ3v) is 4.99. The van der Waals surface area contributed by atoms with Crippen molar-refractivity contribution in [1.29, 1.82) is 0 Å². The first kappa shape index (κ1) is 20.7. The molecule has 0 fully saturated rings. The van der Waals surface area contributed by atoms with Crippen molar-refractivity contribution < 1.29 is 13.2 Å². The van der Waals surface area contributed by atoms with E-state index in [2.05, 4.69) is 25.6 Å². The van der Waals surface area contributed by atoms with Gasteiger partial charge < -0.3 is 20.5 Å². The number of fused-ring (bicyclic) bond motifs is 1. The second-order valence-electron chi connectivity index (χ2n) is 7.20. The summed E-state index contributed by atoms with van der Waals surface area (Å²) in [5.41, 5.74) is 0.860. The number of pyridine rings is 1. The van der Waals surface area contributed by atoms with Gasteiger partial charge in [-0.25, -0.2) is 9.97 Å². The Morgan fingerprint density at radius 3 is 2.74 bits per heavy atom. The van der Waals surface area contributed by atoms with Crippen LogP contribution in [0.4, 0.5) is 30.5 Å². The number of hydrogen-bond donors (Lipinski definition) is 3. The van der Waals surface area contributed by atoms with Crippen molar-refractivity contribution in [1.82, 2.24) is 15.0 Å². The minimum absolute atomic E-state index is 0.213. The van der Waals surface area contributed by atoms with E-state index in [4.69, 9.17) is 0 Å². The van der Waals surface area contributed by atoms with E-state index in [0.29, 0.717) is 29.4 Å². The van der Waals surface area contributed by atoms with Crippen molar-refractivity contribution in [3.8, 4) is 0 Å². The topological polar surface area (TPSA) is 85.9 Å². The van der Waals surface area contributed by atoms with Gasteiger partial charge >= 0.3 is 6.18 Å². The molecule has 2 aromatic heterocycles. The second kappa shape index (κ2) is 8.29. The lowest BCUT2D eigenvalue weighted by Gasteiger charge is -2.25. The zero-order valence-electron chi connectivity index (χ0n) is 16.7. The minimum Gasteiger partial charge on any atom is -0.366 e. The number of benzene rings is 1. The van der Waals surface area contributed by atoms with E-state index < -0.39 is 11.7 Å². The Labute approximate surface area is 176 Å². The zero-order valence-corrected chi connectivity index (χ0v) is 16.7. The Bertz CT molecular complexity index is 1110. The molecule has 3 heterocycles. The van der Waals surface area contributed by atoms with Crippen LogP contribution in [0.25, 0.3) is 0 Å². The number of hydrogen-bond acceptors (Lipinski definition) is 6. The van der Waals surface area contributed by atoms with Crippen molar-refractivity contribution in [2.24, 2.45) is 0 Å². The predicted molar refractivity (Wildman–Crippen MR) is 112 cm³/mol. The van der Waals surface area contributed by atoms with E-state index in [0.717, 1.165) is 24.1 Å². The highest BCUT2D eigenvalue weighted by atomic mass is 19.4. The molecule has 3 aromatic rings. The van der Waals surface area contributed by atoms with Gasteiger partial charge in [0.2, 0.25) is 0 Å². The van der Waals surface area contributed by atoms with Gasteiger partial charge in [-0.15, -0.1) is 0 Å². The standard InChI is InChI=1S/C21H21F3N6O/c1-2-8-30-18(29-17-19(30)27-12-28-20(17)31)14-6-7-16(26-11-14)25-10-13-4-3-5-15(9-13)21(22,23)24/h3-7,9,11-12,18,29H,2,8,10H2,1H3,(H,25,26)(H,27,28,31). The van der Waals surface area contributed by atoms with Crippen molar-refractivity contribution >= 4 is 17.3 Å². The molecule has 0 aliphatic carbocycles. The highest BCUT2D eigenvalue weighted by molar-refractivity contribution is 5.71. The average Bonchev–Trinajstić information content (AvgIpc) is 3.12. The molecule has 1 unspecified atom stereocenters. The zero-order chi connectivity index (χ0) is 22.0. The van der Waals surface area contributed by atoms with Crippen molar-refractivity contribution in [3.63, 3.8) is 0 Å². The Hall–Kier alpha value is -3.56. The molecule has 162 valence electrons. The molecule has 1 aliphatic rings. The predicted octanol–water partition coefficient (Wildman–Crippen LogP) is 4.14. The van der Waals surface area contributed by atoms with Gasteiger partial charge in [0, 0.05) is 24.8 Å². The van der Waals surface area contributed by atoms with Crippen LogP contribution in [0.15, 0.2) is 53.7 Å². The van der Waals surface area contributed by atoms with Gasteiger partial charge in [-0.05, 0) is 36.2 Å². The number of halogens is 3. The summed E-state index contributed by atoms with van der Waals surface area (Å²) in [6.07, 6.45) is -0.725. The largest absolute Gasteiger partial charge is 0.416 e. The third kappa shape index (κ3) is 4.32. The van der Waals surface area contributed by atoms with E-state index in [1.807, 2.05) is 17.9 Å². The van der Waals surface area contributed by atoms with Crippen LogP contribution in [0.3, 0.4) is 0 Å². The average molecular weight is 430 g/mol. The summed E-state index contributed by atoms with van der Waals surface area (Å²) in [7, 11) is 0. The Balaban J connectivity index is 1.47. The molecule has 0 saturated heterocycles. The monoisotopic (exact) mass is 430 g/mol. The molecule has 0 saturated carbocycles. The summed E-state index contributed by atoms with van der Waals surface area (Å²) in [4.78, 5) is 25.4. The number of alkyl halides is 3. The third-order valence-electron chi connectivity index (χ3n) is 4.99. The number of rotatable bonds is 6. The summed E-state index contributed by atoms with van der Waals surface area (Å²) in [6, 6.07) is 8.80. The molecule has 0 radical (unpaired) electrons. The summed E-state index contributed by atoms with van der Waals surface area (Å²) in [5, 5.41) is 6.24. The smallest absolute Gasteiger partial charge is 0.366 e. The summed E-state index contributed by atoms with van der Waals surface area (Å²) in [5.74, 6) is 1.14. The van der Waals surface area contributed by atoms with E-state index >= 15 is 0 Å². The maximum Gasteiger partial charge on any atom is 0.416 e. The van der Waals surface area contributed by atoms with Gasteiger partial charge in [-0.1, -0.05) is 19.1 Å². The minimum atomic E-state index is -4.37. The molecule has 3 N–H and O–H groups in total. The molecule has 1 aromatic carbocycles. The van der Waals surface area contributed by atoms with Crippen LogP contribution in [-0.4, -0.2) is 21.5 Å². The van der Waals surface area contributed by atoms with Gasteiger partial charge in [0.25, 0.3) is 5.56 Å². The Morgan fingerprint density at radius 2 is 2.03 bits per heavy atom. The van der Waals surface area contributed by atoms with Gasteiger partial charge in [0.15, 0.2) is 5.82 Å². The van der Waals surface area contributed by atoms with Crippen molar-refractivity contribution in [2.75, 3.05) is 22.1 Å². The molecule has 0 spiro atoms. The van der Waals surface area contributed by atoms with Crippen molar-refractivity contribution in [2.45, 2.75) is 32.2 Å². The first-order chi connectivity index (χ1) is 14.9. The molecule has 31 heavy (non-hydrogen) atoms. The molecule has 0 bridgehead atoms. The molecule has 1 atom stereocenters. The first-order valence-corrected chi connectivity index (χ1v) is 9.83. The quantitative estimate of drug-likeness (QED) is 0.545. The normalized spacial score (nSPS) is 15.5. The fourth-order valence-corrected chi connectivity index (χ4v) is 3.54. The number of nitrogens with one attached hydrogen (secondary N) is 3. The molecule has 4 rings (SSSR count). The number of nitrogens with zero attached hydrogens (tertiary/aromatic N) is 3. The maximum absolute atomic E-state index is 12.9. The maximum atomic E-state index is 12.9. The van der Waals surface area contributed by atoms with Gasteiger partial charge in [-0.3, -0.25) is 4.79 Å². The van der Waals surface area contributed by atoms with E-state index in [9.17, 15) is 18.0 Å². The van der Waals surface area contributed by atoms with Crippen LogP contribution < -0.4 is 21.1 Å². The van der Waals surface area contributed by atoms with Crippen LogP contribution in [0.5, 0.6) is 0 Å². The SMILES string of the molecule is CCCN1c2nc[nH]c(=O)c2NC1c1ccc(NCc2cccc(C(F)(F)F)c2)nc1. The first-order valence-electron chi connectivity index (χ1n) is 9.83. The lowest BCUT2D eigenvalue weighted by molar-refractivity contribution is -0.137. The highest BCUT2D eigenvalue weighted by Gasteiger charge is 2.33. The fraction of sp³-hybridized carbons (Fsp3) is 0.286. The molecule has 7 nitrogen and oxygen atoms in total. The van der Waals surface area contributed by atoms with Gasteiger partial charge in [0.05, 0.1) is 11.9 Å². The summed E-state index contributed by atoms with van der Waals surface area (Å²) < 4.78 is 38.6. The van der Waals surface area contributed by atoms with Crippen LogP contribution >= 0.6 is 0 Å². The number of aromatic nitrogens is 3. The van der Waals surface area contributed by atoms with E-state index in [1.165, 1.54) is 12.4 Å². The van der Waals surface area contributed by atoms with Crippen LogP contribution in [0.2, 0.25) is 0 Å².